The maximum Gasteiger partial charge on any atom is 0.238 e. The van der Waals surface area contributed by atoms with Crippen LogP contribution in [-0.2, 0) is 9.59 Å². The first-order valence-corrected chi connectivity index (χ1v) is 9.12. The molecule has 0 radical (unpaired) electrons. The number of nitrogens with zero attached hydrogens (tertiary/aromatic N) is 2. The zero-order valence-electron chi connectivity index (χ0n) is 15.1. The number of likely N-dealkylation sites (tertiary alicyclic amines) is 1. The lowest BCUT2D eigenvalue weighted by Crippen LogP contribution is -2.58. The monoisotopic (exact) mass is 334 g/mol. The molecule has 0 bridgehead atoms. The molecule has 0 aromatic rings. The molecule has 1 aliphatic carbocycles. The Kier molecular flexibility index (Phi) is 6.22. The van der Waals surface area contributed by atoms with E-state index in [1.165, 1.54) is 0 Å². The van der Waals surface area contributed by atoms with Crippen LogP contribution in [0.5, 0.6) is 0 Å². The lowest BCUT2D eigenvalue weighted by atomic mass is 9.82. The molecule has 1 heterocycles. The second kappa shape index (κ2) is 7.98. The molecule has 6 heteroatoms. The summed E-state index contributed by atoms with van der Waals surface area (Å²) in [5.74, 6) is 0.316. The highest BCUT2D eigenvalue weighted by Gasteiger charge is 2.36. The second-order valence-corrected chi connectivity index (χ2v) is 7.47. The van der Waals surface area contributed by atoms with Crippen molar-refractivity contribution in [3.05, 3.63) is 0 Å². The van der Waals surface area contributed by atoms with Gasteiger partial charge in [0.25, 0.3) is 0 Å². The standard InChI is InChI=1S/C18H30N4O2/c1-13-11-22(15(3)23)10-7-16(13)20-14(2)17(24)21-18(12-19)8-5-4-6-9-18/h13-14,16,20H,4-11H2,1-3H3,(H,21,24). The molecule has 24 heavy (non-hydrogen) atoms. The van der Waals surface area contributed by atoms with Gasteiger partial charge in [-0.15, -0.1) is 0 Å². The summed E-state index contributed by atoms with van der Waals surface area (Å²) in [4.78, 5) is 25.9. The van der Waals surface area contributed by atoms with Gasteiger partial charge in [0, 0.05) is 26.1 Å². The summed E-state index contributed by atoms with van der Waals surface area (Å²) in [5, 5.41) is 15.9. The van der Waals surface area contributed by atoms with Gasteiger partial charge in [-0.25, -0.2) is 0 Å². The number of nitriles is 1. The van der Waals surface area contributed by atoms with E-state index in [4.69, 9.17) is 0 Å². The first-order chi connectivity index (χ1) is 11.4. The summed E-state index contributed by atoms with van der Waals surface area (Å²) in [6.07, 6.45) is 5.47. The summed E-state index contributed by atoms with van der Waals surface area (Å²) in [6, 6.07) is 2.20. The third kappa shape index (κ3) is 4.47. The Morgan fingerprint density at radius 2 is 1.96 bits per heavy atom. The minimum Gasteiger partial charge on any atom is -0.343 e. The smallest absolute Gasteiger partial charge is 0.238 e. The van der Waals surface area contributed by atoms with Crippen LogP contribution in [-0.4, -0.2) is 47.4 Å². The fourth-order valence-corrected chi connectivity index (χ4v) is 3.84. The van der Waals surface area contributed by atoms with Crippen LogP contribution >= 0.6 is 0 Å². The van der Waals surface area contributed by atoms with E-state index in [-0.39, 0.29) is 23.9 Å². The van der Waals surface area contributed by atoms with Crippen molar-refractivity contribution in [2.75, 3.05) is 13.1 Å². The predicted molar refractivity (Wildman–Crippen MR) is 92.0 cm³/mol. The van der Waals surface area contributed by atoms with Crippen molar-refractivity contribution in [2.45, 2.75) is 76.9 Å². The van der Waals surface area contributed by atoms with Gasteiger partial charge in [0.15, 0.2) is 0 Å². The molecule has 3 unspecified atom stereocenters. The van der Waals surface area contributed by atoms with Crippen LogP contribution in [0, 0.1) is 17.2 Å². The van der Waals surface area contributed by atoms with Crippen molar-refractivity contribution < 1.29 is 9.59 Å². The Labute approximate surface area is 145 Å². The molecule has 2 rings (SSSR count). The molecular formula is C18H30N4O2. The Balaban J connectivity index is 1.87. The van der Waals surface area contributed by atoms with Crippen LogP contribution in [0.4, 0.5) is 0 Å². The van der Waals surface area contributed by atoms with Crippen molar-refractivity contribution in [2.24, 2.45) is 5.92 Å². The van der Waals surface area contributed by atoms with Crippen molar-refractivity contribution >= 4 is 11.8 Å². The number of carbonyl (C=O) groups excluding carboxylic acids is 2. The van der Waals surface area contributed by atoms with Crippen LogP contribution in [0.1, 0.15) is 59.3 Å². The lowest BCUT2D eigenvalue weighted by molar-refractivity contribution is -0.131. The number of hydrogen-bond acceptors (Lipinski definition) is 4. The van der Waals surface area contributed by atoms with E-state index in [9.17, 15) is 14.9 Å². The molecule has 1 aliphatic heterocycles. The predicted octanol–water partition coefficient (Wildman–Crippen LogP) is 1.56. The average molecular weight is 334 g/mol. The molecule has 2 aliphatic rings. The Morgan fingerprint density at radius 3 is 2.50 bits per heavy atom. The van der Waals surface area contributed by atoms with Crippen LogP contribution < -0.4 is 10.6 Å². The highest BCUT2D eigenvalue weighted by Crippen LogP contribution is 2.27. The third-order valence-electron chi connectivity index (χ3n) is 5.49. The van der Waals surface area contributed by atoms with Crippen molar-refractivity contribution in [3.63, 3.8) is 0 Å². The molecule has 6 nitrogen and oxygen atoms in total. The molecule has 2 amide bonds. The molecule has 0 aromatic heterocycles. The molecule has 1 saturated carbocycles. The Morgan fingerprint density at radius 1 is 1.29 bits per heavy atom. The molecule has 2 fully saturated rings. The van der Waals surface area contributed by atoms with Gasteiger partial charge in [0.2, 0.25) is 11.8 Å². The van der Waals surface area contributed by atoms with E-state index in [0.29, 0.717) is 5.92 Å². The number of nitrogens with one attached hydrogen (secondary N) is 2. The largest absolute Gasteiger partial charge is 0.343 e. The van der Waals surface area contributed by atoms with Crippen molar-refractivity contribution in [1.82, 2.24) is 15.5 Å². The number of amides is 2. The summed E-state index contributed by atoms with van der Waals surface area (Å²) >= 11 is 0. The van der Waals surface area contributed by atoms with Crippen LogP contribution in [0.2, 0.25) is 0 Å². The first-order valence-electron chi connectivity index (χ1n) is 9.12. The lowest BCUT2D eigenvalue weighted by Gasteiger charge is -2.38. The molecule has 0 aromatic carbocycles. The number of hydrogen-bond donors (Lipinski definition) is 2. The van der Waals surface area contributed by atoms with Gasteiger partial charge in [0.05, 0.1) is 12.1 Å². The minimum absolute atomic E-state index is 0.0975. The summed E-state index contributed by atoms with van der Waals surface area (Å²) in [5.41, 5.74) is -0.686. The molecule has 0 spiro atoms. The normalized spacial score (nSPS) is 27.8. The fourth-order valence-electron chi connectivity index (χ4n) is 3.84. The molecular weight excluding hydrogens is 304 g/mol. The van der Waals surface area contributed by atoms with E-state index in [1.54, 1.807) is 6.92 Å². The van der Waals surface area contributed by atoms with Gasteiger partial charge in [-0.1, -0.05) is 26.2 Å². The van der Waals surface area contributed by atoms with Gasteiger partial charge in [-0.2, -0.15) is 5.26 Å². The van der Waals surface area contributed by atoms with Gasteiger partial charge >= 0.3 is 0 Å². The molecule has 134 valence electrons. The number of rotatable bonds is 4. The van der Waals surface area contributed by atoms with Gasteiger partial charge in [-0.05, 0) is 32.1 Å². The fraction of sp³-hybridized carbons (Fsp3) is 0.833. The highest BCUT2D eigenvalue weighted by molar-refractivity contribution is 5.82. The third-order valence-corrected chi connectivity index (χ3v) is 5.49. The zero-order chi connectivity index (χ0) is 17.7. The molecule has 1 saturated heterocycles. The quantitative estimate of drug-likeness (QED) is 0.817. The van der Waals surface area contributed by atoms with E-state index in [2.05, 4.69) is 23.6 Å². The van der Waals surface area contributed by atoms with E-state index < -0.39 is 5.54 Å². The van der Waals surface area contributed by atoms with E-state index >= 15 is 0 Å². The summed E-state index contributed by atoms with van der Waals surface area (Å²) in [6.45, 7) is 7.02. The average Bonchev–Trinajstić information content (AvgIpc) is 2.57. The van der Waals surface area contributed by atoms with Crippen LogP contribution in [0.25, 0.3) is 0 Å². The first kappa shape index (κ1) is 18.7. The van der Waals surface area contributed by atoms with Gasteiger partial charge in [0.1, 0.15) is 5.54 Å². The zero-order valence-corrected chi connectivity index (χ0v) is 15.1. The molecule has 3 atom stereocenters. The number of piperidine rings is 1. The Hall–Kier alpha value is -1.61. The SMILES string of the molecule is CC(=O)N1CCC(NC(C)C(=O)NC2(C#N)CCCCC2)C(C)C1. The topological polar surface area (TPSA) is 85.2 Å². The van der Waals surface area contributed by atoms with E-state index in [1.807, 2.05) is 11.8 Å². The van der Waals surface area contributed by atoms with Gasteiger partial charge in [-0.3, -0.25) is 9.59 Å². The molecule has 2 N–H and O–H groups in total. The van der Waals surface area contributed by atoms with Crippen LogP contribution in [0.3, 0.4) is 0 Å². The maximum atomic E-state index is 12.5. The van der Waals surface area contributed by atoms with Gasteiger partial charge < -0.3 is 15.5 Å². The summed E-state index contributed by atoms with van der Waals surface area (Å²) in [7, 11) is 0. The van der Waals surface area contributed by atoms with Crippen molar-refractivity contribution in [3.8, 4) is 6.07 Å². The van der Waals surface area contributed by atoms with Crippen molar-refractivity contribution in [1.29, 1.82) is 5.26 Å². The Bertz CT molecular complexity index is 508. The summed E-state index contributed by atoms with van der Waals surface area (Å²) < 4.78 is 0. The highest BCUT2D eigenvalue weighted by atomic mass is 16.2. The van der Waals surface area contributed by atoms with E-state index in [0.717, 1.165) is 51.6 Å². The maximum absolute atomic E-state index is 12.5. The number of carbonyl (C=O) groups is 2. The van der Waals surface area contributed by atoms with Crippen LogP contribution in [0.15, 0.2) is 0 Å². The second-order valence-electron chi connectivity index (χ2n) is 7.47. The minimum atomic E-state index is -0.686.